The van der Waals surface area contributed by atoms with Crippen LogP contribution in [0.15, 0.2) is 18.2 Å². The molecule has 0 atom stereocenters. The number of carbonyl (C=O) groups is 2. The number of anilines is 1. The Bertz CT molecular complexity index is 587. The van der Waals surface area contributed by atoms with E-state index in [0.29, 0.717) is 28.7 Å². The van der Waals surface area contributed by atoms with Crippen molar-refractivity contribution in [2.24, 2.45) is 0 Å². The number of hydrogen-bond donors (Lipinski definition) is 0. The monoisotopic (exact) mass is 357 g/mol. The molecule has 1 fully saturated rings. The largest absolute Gasteiger partial charge is 0.340 e. The Morgan fingerprint density at radius 1 is 1.13 bits per heavy atom. The van der Waals surface area contributed by atoms with Crippen LogP contribution in [0.25, 0.3) is 0 Å². The third-order valence-corrected chi connectivity index (χ3v) is 4.74. The van der Waals surface area contributed by atoms with Gasteiger partial charge in [0.2, 0.25) is 11.8 Å². The summed E-state index contributed by atoms with van der Waals surface area (Å²) in [5.41, 5.74) is 0.651. The Balaban J connectivity index is 1.98. The lowest BCUT2D eigenvalue weighted by atomic mass is 10.2. The molecule has 0 aliphatic carbocycles. The van der Waals surface area contributed by atoms with Crippen LogP contribution >= 0.6 is 23.2 Å². The second kappa shape index (κ2) is 7.99. The van der Waals surface area contributed by atoms with E-state index in [1.165, 1.54) is 6.92 Å². The number of likely N-dealkylation sites (N-methyl/N-ethyl adjacent to an activating group) is 1. The average Bonchev–Trinajstić information content (AvgIpc) is 2.51. The van der Waals surface area contributed by atoms with E-state index >= 15 is 0 Å². The normalized spacial score (nSPS) is 15.6. The predicted octanol–water partition coefficient (Wildman–Crippen LogP) is 2.51. The zero-order valence-corrected chi connectivity index (χ0v) is 14.9. The van der Waals surface area contributed by atoms with Gasteiger partial charge in [0.15, 0.2) is 0 Å². The van der Waals surface area contributed by atoms with Crippen LogP contribution in [-0.4, -0.2) is 61.4 Å². The lowest BCUT2D eigenvalue weighted by Crippen LogP contribution is -2.47. The van der Waals surface area contributed by atoms with Crippen molar-refractivity contribution in [3.63, 3.8) is 0 Å². The molecule has 1 aromatic carbocycles. The van der Waals surface area contributed by atoms with Crippen LogP contribution in [0.2, 0.25) is 10.0 Å². The van der Waals surface area contributed by atoms with E-state index in [0.717, 1.165) is 26.2 Å². The number of nitrogens with zero attached hydrogens (tertiary/aromatic N) is 3. The van der Waals surface area contributed by atoms with E-state index in [1.807, 2.05) is 11.9 Å². The first kappa shape index (κ1) is 18.0. The molecule has 0 radical (unpaired) electrons. The van der Waals surface area contributed by atoms with Crippen LogP contribution < -0.4 is 4.90 Å². The molecule has 1 saturated heterocycles. The van der Waals surface area contributed by atoms with E-state index in [9.17, 15) is 9.59 Å². The van der Waals surface area contributed by atoms with Gasteiger partial charge in [-0.3, -0.25) is 9.59 Å². The third-order valence-electron chi connectivity index (χ3n) is 4.00. The van der Waals surface area contributed by atoms with E-state index in [2.05, 4.69) is 4.90 Å². The summed E-state index contributed by atoms with van der Waals surface area (Å²) in [6.07, 6.45) is 0.295. The molecule has 126 valence electrons. The highest BCUT2D eigenvalue weighted by molar-refractivity contribution is 6.42. The van der Waals surface area contributed by atoms with E-state index < -0.39 is 0 Å². The Hall–Kier alpha value is -1.30. The van der Waals surface area contributed by atoms with Crippen LogP contribution in [-0.2, 0) is 9.59 Å². The van der Waals surface area contributed by atoms with Gasteiger partial charge in [0.1, 0.15) is 0 Å². The lowest BCUT2D eigenvalue weighted by Gasteiger charge is -2.33. The SMILES string of the molecule is CC(=O)N(CCC(=O)N1CCN(C)CC1)c1ccc(Cl)c(Cl)c1. The van der Waals surface area contributed by atoms with E-state index in [-0.39, 0.29) is 11.8 Å². The number of halogens is 2. The number of hydrogen-bond acceptors (Lipinski definition) is 3. The first-order chi connectivity index (χ1) is 10.9. The summed E-state index contributed by atoms with van der Waals surface area (Å²) in [5.74, 6) is -0.0565. The molecule has 0 unspecified atom stereocenters. The highest BCUT2D eigenvalue weighted by atomic mass is 35.5. The molecule has 7 heteroatoms. The molecule has 0 spiro atoms. The zero-order valence-electron chi connectivity index (χ0n) is 13.4. The van der Waals surface area contributed by atoms with Gasteiger partial charge < -0.3 is 14.7 Å². The molecule has 1 aromatic rings. The van der Waals surface area contributed by atoms with Gasteiger partial charge in [-0.25, -0.2) is 0 Å². The van der Waals surface area contributed by atoms with Crippen LogP contribution in [0.4, 0.5) is 5.69 Å². The van der Waals surface area contributed by atoms with Gasteiger partial charge in [0.25, 0.3) is 0 Å². The van der Waals surface area contributed by atoms with Crippen molar-refractivity contribution in [2.75, 3.05) is 44.7 Å². The first-order valence-corrected chi connectivity index (χ1v) is 8.33. The fraction of sp³-hybridized carbons (Fsp3) is 0.500. The van der Waals surface area contributed by atoms with Gasteiger partial charge in [-0.15, -0.1) is 0 Å². The van der Waals surface area contributed by atoms with Crippen molar-refractivity contribution in [1.82, 2.24) is 9.80 Å². The molecular formula is C16H21Cl2N3O2. The molecule has 1 aliphatic heterocycles. The molecular weight excluding hydrogens is 337 g/mol. The van der Waals surface area contributed by atoms with Gasteiger partial charge in [-0.05, 0) is 25.2 Å². The summed E-state index contributed by atoms with van der Waals surface area (Å²) >= 11 is 11.9. The fourth-order valence-corrected chi connectivity index (χ4v) is 2.84. The Morgan fingerprint density at radius 3 is 2.35 bits per heavy atom. The minimum Gasteiger partial charge on any atom is -0.340 e. The molecule has 1 aliphatic rings. The Labute approximate surface area is 146 Å². The van der Waals surface area contributed by atoms with Gasteiger partial charge in [0, 0.05) is 51.8 Å². The summed E-state index contributed by atoms with van der Waals surface area (Å²) < 4.78 is 0. The maximum absolute atomic E-state index is 12.3. The maximum Gasteiger partial charge on any atom is 0.224 e. The molecule has 0 saturated carbocycles. The lowest BCUT2D eigenvalue weighted by molar-refractivity contribution is -0.132. The zero-order chi connectivity index (χ0) is 17.0. The summed E-state index contributed by atoms with van der Waals surface area (Å²) in [7, 11) is 2.05. The summed E-state index contributed by atoms with van der Waals surface area (Å²) in [4.78, 5) is 29.8. The summed E-state index contributed by atoms with van der Waals surface area (Å²) in [5, 5.41) is 0.827. The molecule has 23 heavy (non-hydrogen) atoms. The predicted molar refractivity (Wildman–Crippen MR) is 93.2 cm³/mol. The average molecular weight is 358 g/mol. The molecule has 2 rings (SSSR count). The van der Waals surface area contributed by atoms with Crippen LogP contribution in [0.1, 0.15) is 13.3 Å². The van der Waals surface area contributed by atoms with Crippen molar-refractivity contribution in [3.8, 4) is 0 Å². The topological polar surface area (TPSA) is 43.9 Å². The minimum absolute atomic E-state index is 0.0735. The smallest absolute Gasteiger partial charge is 0.224 e. The standard InChI is InChI=1S/C16H21Cl2N3O2/c1-12(22)21(13-3-4-14(17)15(18)11-13)6-5-16(23)20-9-7-19(2)8-10-20/h3-4,11H,5-10H2,1-2H3. The second-order valence-electron chi connectivity index (χ2n) is 5.70. The maximum atomic E-state index is 12.3. The number of amides is 2. The molecule has 2 amide bonds. The van der Waals surface area contributed by atoms with E-state index in [1.54, 1.807) is 23.1 Å². The van der Waals surface area contributed by atoms with Gasteiger partial charge in [0.05, 0.1) is 10.0 Å². The Kier molecular flexibility index (Phi) is 6.27. The van der Waals surface area contributed by atoms with Crippen molar-refractivity contribution >= 4 is 40.7 Å². The van der Waals surface area contributed by atoms with Crippen molar-refractivity contribution in [3.05, 3.63) is 28.2 Å². The highest BCUT2D eigenvalue weighted by Gasteiger charge is 2.21. The first-order valence-electron chi connectivity index (χ1n) is 7.58. The van der Waals surface area contributed by atoms with Crippen molar-refractivity contribution < 1.29 is 9.59 Å². The minimum atomic E-state index is -0.130. The number of carbonyl (C=O) groups excluding carboxylic acids is 2. The number of benzene rings is 1. The molecule has 0 bridgehead atoms. The second-order valence-corrected chi connectivity index (χ2v) is 6.52. The van der Waals surface area contributed by atoms with E-state index in [4.69, 9.17) is 23.2 Å². The quantitative estimate of drug-likeness (QED) is 0.831. The Morgan fingerprint density at radius 2 is 1.78 bits per heavy atom. The van der Waals surface area contributed by atoms with Gasteiger partial charge in [-0.2, -0.15) is 0 Å². The van der Waals surface area contributed by atoms with Gasteiger partial charge >= 0.3 is 0 Å². The molecule has 5 nitrogen and oxygen atoms in total. The molecule has 1 heterocycles. The number of rotatable bonds is 4. The fourth-order valence-electron chi connectivity index (χ4n) is 2.54. The van der Waals surface area contributed by atoms with Crippen molar-refractivity contribution in [2.45, 2.75) is 13.3 Å². The highest BCUT2D eigenvalue weighted by Crippen LogP contribution is 2.27. The van der Waals surface area contributed by atoms with Crippen molar-refractivity contribution in [1.29, 1.82) is 0 Å². The number of piperazine rings is 1. The summed E-state index contributed by atoms with van der Waals surface area (Å²) in [6.45, 7) is 5.05. The molecule has 0 aromatic heterocycles. The van der Waals surface area contributed by atoms with Crippen LogP contribution in [0, 0.1) is 0 Å². The van der Waals surface area contributed by atoms with Crippen LogP contribution in [0.3, 0.4) is 0 Å². The van der Waals surface area contributed by atoms with Crippen LogP contribution in [0.5, 0.6) is 0 Å². The van der Waals surface area contributed by atoms with Gasteiger partial charge in [-0.1, -0.05) is 23.2 Å². The third kappa shape index (κ3) is 4.83. The summed E-state index contributed by atoms with van der Waals surface area (Å²) in [6, 6.07) is 5.03. The molecule has 0 N–H and O–H groups in total.